The van der Waals surface area contributed by atoms with Crippen molar-refractivity contribution in [1.82, 2.24) is 10.5 Å². The van der Waals surface area contributed by atoms with Crippen LogP contribution in [-0.2, 0) is 22.4 Å². The van der Waals surface area contributed by atoms with Crippen molar-refractivity contribution in [2.75, 3.05) is 5.32 Å². The second kappa shape index (κ2) is 7.55. The highest BCUT2D eigenvalue weighted by molar-refractivity contribution is 5.93. The van der Waals surface area contributed by atoms with Gasteiger partial charge in [0.25, 0.3) is 0 Å². The molecule has 0 bridgehead atoms. The van der Waals surface area contributed by atoms with Gasteiger partial charge in [0, 0.05) is 24.1 Å². The topological polar surface area (TPSA) is 101 Å². The molecule has 0 spiro atoms. The van der Waals surface area contributed by atoms with Crippen LogP contribution in [0.2, 0.25) is 0 Å². The van der Waals surface area contributed by atoms with Crippen LogP contribution in [0.25, 0.3) is 0 Å². The number of aromatic nitrogens is 1. The number of hydrogen-bond donors (Lipinski definition) is 3. The number of hydroxylamine groups is 1. The Labute approximate surface area is 160 Å². The smallest absolute Gasteiger partial charge is 0.246 e. The Morgan fingerprint density at radius 3 is 2.68 bits per heavy atom. The van der Waals surface area contributed by atoms with Crippen molar-refractivity contribution in [1.29, 1.82) is 0 Å². The average molecular weight is 385 g/mol. The highest BCUT2D eigenvalue weighted by atomic mass is 19.1. The third-order valence-electron chi connectivity index (χ3n) is 5.12. The molecule has 1 fully saturated rings. The number of ether oxygens (including phenoxy) is 1. The lowest BCUT2D eigenvalue weighted by Gasteiger charge is -2.23. The van der Waals surface area contributed by atoms with Gasteiger partial charge in [-0.15, -0.1) is 0 Å². The summed E-state index contributed by atoms with van der Waals surface area (Å²) in [6.07, 6.45) is 4.76. The first kappa shape index (κ1) is 18.4. The molecule has 0 aliphatic heterocycles. The quantitative estimate of drug-likeness (QED) is 0.543. The number of hydrogen-bond acceptors (Lipinski definition) is 5. The van der Waals surface area contributed by atoms with E-state index in [2.05, 4.69) is 10.3 Å². The summed E-state index contributed by atoms with van der Waals surface area (Å²) in [6, 6.07) is 6.13. The number of aryl methyl sites for hydroxylation is 1. The molecule has 146 valence electrons. The molecule has 0 saturated heterocycles. The zero-order chi connectivity index (χ0) is 19.7. The van der Waals surface area contributed by atoms with E-state index in [4.69, 9.17) is 9.94 Å². The van der Waals surface area contributed by atoms with E-state index < -0.39 is 11.7 Å². The normalized spacial score (nSPS) is 18.1. The van der Waals surface area contributed by atoms with Gasteiger partial charge in [0.2, 0.25) is 11.8 Å². The van der Waals surface area contributed by atoms with Gasteiger partial charge in [-0.2, -0.15) is 0 Å². The van der Waals surface area contributed by atoms with Crippen LogP contribution in [0.1, 0.15) is 30.4 Å². The molecule has 1 aromatic carbocycles. The van der Waals surface area contributed by atoms with E-state index in [9.17, 15) is 14.0 Å². The Bertz CT molecular complexity index is 930. The van der Waals surface area contributed by atoms with Crippen LogP contribution in [-0.4, -0.2) is 22.0 Å². The molecule has 1 aromatic heterocycles. The summed E-state index contributed by atoms with van der Waals surface area (Å²) in [4.78, 5) is 27.6. The van der Waals surface area contributed by atoms with Crippen molar-refractivity contribution in [3.8, 4) is 11.5 Å². The van der Waals surface area contributed by atoms with Crippen molar-refractivity contribution in [3.63, 3.8) is 0 Å². The molecule has 1 unspecified atom stereocenters. The molecular formula is C20H20FN3O4. The number of pyridine rings is 1. The zero-order valence-corrected chi connectivity index (χ0v) is 15.1. The summed E-state index contributed by atoms with van der Waals surface area (Å²) >= 11 is 0. The Morgan fingerprint density at radius 1 is 1.11 bits per heavy atom. The number of halogens is 1. The minimum absolute atomic E-state index is 0.0366. The van der Waals surface area contributed by atoms with Crippen LogP contribution in [0.5, 0.6) is 11.5 Å². The maximum atomic E-state index is 14.5. The standard InChI is InChI=1S/C20H20FN3O4/c21-16-8-12-3-4-13(20(26)24-27)7-14(12)9-17(16)28-15-5-6-22-18(10-15)23-19(25)11-1-2-11/h5-6,8-11,13,27H,1-4,7H2,(H,24,26)(H,22,23,25). The lowest BCUT2D eigenvalue weighted by atomic mass is 9.83. The lowest BCUT2D eigenvalue weighted by Crippen LogP contribution is -2.32. The molecule has 2 aliphatic carbocycles. The van der Waals surface area contributed by atoms with Crippen molar-refractivity contribution in [2.24, 2.45) is 11.8 Å². The zero-order valence-electron chi connectivity index (χ0n) is 15.1. The fourth-order valence-corrected chi connectivity index (χ4v) is 3.39. The highest BCUT2D eigenvalue weighted by Gasteiger charge is 2.30. The number of anilines is 1. The molecule has 3 N–H and O–H groups in total. The van der Waals surface area contributed by atoms with E-state index in [0.717, 1.165) is 24.0 Å². The number of amides is 2. The van der Waals surface area contributed by atoms with Crippen LogP contribution >= 0.6 is 0 Å². The van der Waals surface area contributed by atoms with Crippen molar-refractivity contribution in [2.45, 2.75) is 32.1 Å². The molecular weight excluding hydrogens is 365 g/mol. The number of carbonyl (C=O) groups is 2. The third kappa shape index (κ3) is 3.96. The molecule has 2 aromatic rings. The van der Waals surface area contributed by atoms with Crippen molar-refractivity contribution >= 4 is 17.6 Å². The number of rotatable bonds is 5. The third-order valence-corrected chi connectivity index (χ3v) is 5.12. The van der Waals surface area contributed by atoms with Gasteiger partial charge in [-0.25, -0.2) is 14.9 Å². The molecule has 2 aliphatic rings. The number of nitrogens with zero attached hydrogens (tertiary/aromatic N) is 1. The first-order chi connectivity index (χ1) is 13.5. The van der Waals surface area contributed by atoms with Gasteiger partial charge in [-0.3, -0.25) is 14.8 Å². The van der Waals surface area contributed by atoms with Crippen LogP contribution < -0.4 is 15.5 Å². The van der Waals surface area contributed by atoms with Gasteiger partial charge >= 0.3 is 0 Å². The van der Waals surface area contributed by atoms with Gasteiger partial charge < -0.3 is 10.1 Å². The van der Waals surface area contributed by atoms with Crippen LogP contribution in [0, 0.1) is 17.7 Å². The Morgan fingerprint density at radius 2 is 1.93 bits per heavy atom. The summed E-state index contributed by atoms with van der Waals surface area (Å²) in [6.45, 7) is 0. The summed E-state index contributed by atoms with van der Waals surface area (Å²) in [5.41, 5.74) is 3.32. The molecule has 7 nitrogen and oxygen atoms in total. The average Bonchev–Trinajstić information content (AvgIpc) is 3.53. The maximum absolute atomic E-state index is 14.5. The second-order valence-electron chi connectivity index (χ2n) is 7.21. The van der Waals surface area contributed by atoms with Crippen molar-refractivity contribution in [3.05, 3.63) is 47.4 Å². The van der Waals surface area contributed by atoms with E-state index >= 15 is 0 Å². The summed E-state index contributed by atoms with van der Waals surface area (Å²) in [5.74, 6) is -0.582. The number of nitrogens with one attached hydrogen (secondary N) is 2. The van der Waals surface area contributed by atoms with E-state index in [0.29, 0.717) is 30.8 Å². The predicted octanol–water partition coefficient (Wildman–Crippen LogP) is 2.97. The fourth-order valence-electron chi connectivity index (χ4n) is 3.39. The minimum Gasteiger partial charge on any atom is -0.454 e. The number of carbonyl (C=O) groups excluding carboxylic acids is 2. The summed E-state index contributed by atoms with van der Waals surface area (Å²) in [5, 5.41) is 11.6. The molecule has 1 atom stereocenters. The summed E-state index contributed by atoms with van der Waals surface area (Å²) in [7, 11) is 0. The Balaban J connectivity index is 1.52. The SMILES string of the molecule is O=C(NO)C1CCc2cc(F)c(Oc3ccnc(NC(=O)C4CC4)c3)cc2C1. The first-order valence-electron chi connectivity index (χ1n) is 9.23. The molecule has 4 rings (SSSR count). The Hall–Kier alpha value is -3.00. The van der Waals surface area contributed by atoms with Crippen LogP contribution in [0.3, 0.4) is 0 Å². The molecule has 1 saturated carbocycles. The second-order valence-corrected chi connectivity index (χ2v) is 7.21. The molecule has 8 heteroatoms. The molecule has 2 amide bonds. The van der Waals surface area contributed by atoms with Gasteiger partial charge in [-0.05, 0) is 61.4 Å². The van der Waals surface area contributed by atoms with Gasteiger partial charge in [0.15, 0.2) is 11.6 Å². The van der Waals surface area contributed by atoms with Gasteiger partial charge in [-0.1, -0.05) is 0 Å². The van der Waals surface area contributed by atoms with Gasteiger partial charge in [0.05, 0.1) is 0 Å². The van der Waals surface area contributed by atoms with Crippen LogP contribution in [0.4, 0.5) is 10.2 Å². The molecule has 28 heavy (non-hydrogen) atoms. The number of benzene rings is 1. The van der Waals surface area contributed by atoms with E-state index in [-0.39, 0.29) is 23.5 Å². The fraction of sp³-hybridized carbons (Fsp3) is 0.350. The van der Waals surface area contributed by atoms with E-state index in [1.807, 2.05) is 0 Å². The lowest BCUT2D eigenvalue weighted by molar-refractivity contribution is -0.133. The first-order valence-corrected chi connectivity index (χ1v) is 9.23. The van der Waals surface area contributed by atoms with Crippen molar-refractivity contribution < 1.29 is 23.9 Å². The van der Waals surface area contributed by atoms with Gasteiger partial charge in [0.1, 0.15) is 11.6 Å². The predicted molar refractivity (Wildman–Crippen MR) is 97.5 cm³/mol. The number of fused-ring (bicyclic) bond motifs is 1. The highest BCUT2D eigenvalue weighted by Crippen LogP contribution is 2.34. The largest absolute Gasteiger partial charge is 0.454 e. The molecule has 1 heterocycles. The Kier molecular flexibility index (Phi) is 4.95. The maximum Gasteiger partial charge on any atom is 0.246 e. The summed E-state index contributed by atoms with van der Waals surface area (Å²) < 4.78 is 20.2. The monoisotopic (exact) mass is 385 g/mol. The van der Waals surface area contributed by atoms with E-state index in [1.165, 1.54) is 12.3 Å². The molecule has 0 radical (unpaired) electrons. The van der Waals surface area contributed by atoms with E-state index in [1.54, 1.807) is 23.7 Å². The minimum atomic E-state index is -0.496. The van der Waals surface area contributed by atoms with Crippen LogP contribution in [0.15, 0.2) is 30.5 Å².